The van der Waals surface area contributed by atoms with Crippen molar-refractivity contribution in [3.8, 4) is 5.75 Å². The van der Waals surface area contributed by atoms with Gasteiger partial charge in [-0.05, 0) is 30.5 Å². The van der Waals surface area contributed by atoms with Gasteiger partial charge >= 0.3 is 5.97 Å². The molecule has 0 aliphatic carbocycles. The predicted molar refractivity (Wildman–Crippen MR) is 119 cm³/mol. The van der Waals surface area contributed by atoms with Crippen LogP contribution in [0.4, 0.5) is 5.69 Å². The van der Waals surface area contributed by atoms with Crippen LogP contribution in [0.3, 0.4) is 0 Å². The van der Waals surface area contributed by atoms with Crippen LogP contribution in [0, 0.1) is 17.0 Å². The normalized spacial score (nSPS) is 11.9. The largest absolute Gasteiger partial charge is 0.487 e. The monoisotopic (exact) mass is 462 g/mol. The summed E-state index contributed by atoms with van der Waals surface area (Å²) < 4.78 is 10.6. The van der Waals surface area contributed by atoms with Crippen molar-refractivity contribution in [3.05, 3.63) is 73.4 Å². The van der Waals surface area contributed by atoms with Crippen molar-refractivity contribution >= 4 is 45.8 Å². The molecule has 7 nitrogen and oxygen atoms in total. The molecule has 0 N–H and O–H groups in total. The molecule has 1 aromatic heterocycles. The molecule has 0 amide bonds. The minimum Gasteiger partial charge on any atom is -0.487 e. The van der Waals surface area contributed by atoms with Crippen molar-refractivity contribution in [2.45, 2.75) is 32.8 Å². The highest BCUT2D eigenvalue weighted by Crippen LogP contribution is 2.40. The van der Waals surface area contributed by atoms with Crippen molar-refractivity contribution in [1.82, 2.24) is 4.98 Å². The maximum atomic E-state index is 11.7. The Labute approximate surface area is 189 Å². The van der Waals surface area contributed by atoms with Gasteiger partial charge in [-0.1, -0.05) is 48.3 Å². The first-order valence-electron chi connectivity index (χ1n) is 9.44. The number of aromatic nitrogens is 1. The minimum atomic E-state index is -0.584. The zero-order valence-electron chi connectivity index (χ0n) is 17.1. The number of hydrogen-bond donors (Lipinski definition) is 0. The molecule has 3 aromatic rings. The number of para-hydroxylation sites is 1. The van der Waals surface area contributed by atoms with E-state index in [-0.39, 0.29) is 34.3 Å². The summed E-state index contributed by atoms with van der Waals surface area (Å²) in [7, 11) is 1.28. The molecule has 0 bridgehead atoms. The predicted octanol–water partition coefficient (Wildman–Crippen LogP) is 6.00. The number of benzene rings is 2. The molecule has 0 fully saturated rings. The number of rotatable bonds is 7. The third-order valence-electron chi connectivity index (χ3n) is 4.92. The number of nitro benzene ring substituents is 1. The zero-order valence-corrected chi connectivity index (χ0v) is 18.7. The third kappa shape index (κ3) is 4.89. The van der Waals surface area contributed by atoms with Gasteiger partial charge in [0, 0.05) is 22.7 Å². The average molecular weight is 463 g/mol. The Bertz CT molecular complexity index is 1170. The fourth-order valence-electron chi connectivity index (χ4n) is 3.24. The molecule has 2 aromatic carbocycles. The molecule has 0 aliphatic rings. The molecular weight excluding hydrogens is 443 g/mol. The second-order valence-corrected chi connectivity index (χ2v) is 7.85. The van der Waals surface area contributed by atoms with Gasteiger partial charge < -0.3 is 9.47 Å². The molecule has 3 rings (SSSR count). The first-order valence-corrected chi connectivity index (χ1v) is 10.2. The summed E-state index contributed by atoms with van der Waals surface area (Å²) in [6.45, 7) is 3.50. The highest BCUT2D eigenvalue weighted by Gasteiger charge is 2.26. The second-order valence-electron chi connectivity index (χ2n) is 7.10. The van der Waals surface area contributed by atoms with E-state index < -0.39 is 16.8 Å². The molecule has 1 unspecified atom stereocenters. The van der Waals surface area contributed by atoms with Gasteiger partial charge in [-0.2, -0.15) is 0 Å². The Morgan fingerprint density at radius 1 is 1.23 bits per heavy atom. The van der Waals surface area contributed by atoms with Crippen LogP contribution < -0.4 is 4.74 Å². The Hall–Kier alpha value is -2.90. The lowest BCUT2D eigenvalue weighted by molar-refractivity contribution is -0.384. The summed E-state index contributed by atoms with van der Waals surface area (Å²) in [6.07, 6.45) is 0.0157. The number of carbonyl (C=O) groups is 1. The Morgan fingerprint density at radius 2 is 1.97 bits per heavy atom. The lowest BCUT2D eigenvalue weighted by Crippen LogP contribution is -2.09. The van der Waals surface area contributed by atoms with Crippen LogP contribution in [0.1, 0.15) is 36.1 Å². The minimum absolute atomic E-state index is 0.0157. The summed E-state index contributed by atoms with van der Waals surface area (Å²) >= 11 is 12.9. The Balaban J connectivity index is 2.01. The molecule has 9 heteroatoms. The molecule has 0 saturated carbocycles. The van der Waals surface area contributed by atoms with E-state index >= 15 is 0 Å². The molecule has 0 radical (unpaired) electrons. The van der Waals surface area contributed by atoms with Crippen LogP contribution in [-0.4, -0.2) is 23.0 Å². The van der Waals surface area contributed by atoms with Crippen molar-refractivity contribution < 1.29 is 19.2 Å². The zero-order chi connectivity index (χ0) is 22.7. The number of nitrogens with zero attached hydrogens (tertiary/aromatic N) is 2. The number of methoxy groups -OCH3 is 1. The number of pyridine rings is 1. The number of nitro groups is 1. The van der Waals surface area contributed by atoms with Crippen LogP contribution in [0.2, 0.25) is 10.0 Å². The lowest BCUT2D eigenvalue weighted by Gasteiger charge is -2.17. The van der Waals surface area contributed by atoms with Crippen LogP contribution in [0.15, 0.2) is 36.4 Å². The fourth-order valence-corrected chi connectivity index (χ4v) is 3.96. The third-order valence-corrected chi connectivity index (χ3v) is 5.79. The highest BCUT2D eigenvalue weighted by atomic mass is 35.5. The van der Waals surface area contributed by atoms with E-state index in [0.29, 0.717) is 16.8 Å². The number of fused-ring (bicyclic) bond motifs is 1. The molecule has 0 saturated heterocycles. The maximum Gasteiger partial charge on any atom is 0.306 e. The number of aryl methyl sites for hydroxylation is 1. The average Bonchev–Trinajstić information content (AvgIpc) is 2.73. The molecule has 0 spiro atoms. The van der Waals surface area contributed by atoms with Crippen molar-refractivity contribution in [3.63, 3.8) is 0 Å². The SMILES string of the molecule is COC(=O)CC(C)c1cc([N+](=O)[O-])c(Cl)c(COc2cccc3ccc(C)nc23)c1Cl. The number of carbonyl (C=O) groups excluding carboxylic acids is 1. The van der Waals surface area contributed by atoms with Gasteiger partial charge in [-0.25, -0.2) is 4.98 Å². The van der Waals surface area contributed by atoms with Crippen molar-refractivity contribution in [2.75, 3.05) is 7.11 Å². The number of ether oxygens (including phenoxy) is 2. The van der Waals surface area contributed by atoms with E-state index in [1.165, 1.54) is 13.2 Å². The summed E-state index contributed by atoms with van der Waals surface area (Å²) in [5.41, 5.74) is 1.89. The highest BCUT2D eigenvalue weighted by molar-refractivity contribution is 6.37. The van der Waals surface area contributed by atoms with Crippen LogP contribution in [0.25, 0.3) is 10.9 Å². The van der Waals surface area contributed by atoms with Crippen molar-refractivity contribution in [2.24, 2.45) is 0 Å². The fraction of sp³-hybridized carbons (Fsp3) is 0.273. The Kier molecular flexibility index (Phi) is 6.97. The smallest absolute Gasteiger partial charge is 0.306 e. The summed E-state index contributed by atoms with van der Waals surface area (Å²) in [4.78, 5) is 27.2. The second kappa shape index (κ2) is 9.49. The van der Waals surface area contributed by atoms with Crippen molar-refractivity contribution in [1.29, 1.82) is 0 Å². The quantitative estimate of drug-likeness (QED) is 0.242. The van der Waals surface area contributed by atoms with Gasteiger partial charge in [0.15, 0.2) is 0 Å². The standard InChI is InChI=1S/C22H20Cl2N2O5/c1-12(9-19(27)30-3)15-10-17(26(28)29)21(24)16(20(15)23)11-31-18-6-4-5-14-8-7-13(2)25-22(14)18/h4-8,10,12H,9,11H2,1-3H3. The van der Waals surface area contributed by atoms with E-state index in [4.69, 9.17) is 32.7 Å². The topological polar surface area (TPSA) is 91.6 Å². The first-order chi connectivity index (χ1) is 14.7. The lowest BCUT2D eigenvalue weighted by atomic mass is 9.95. The number of hydrogen-bond acceptors (Lipinski definition) is 6. The van der Waals surface area contributed by atoms with Gasteiger partial charge in [0.05, 0.1) is 23.5 Å². The van der Waals surface area contributed by atoms with E-state index in [9.17, 15) is 14.9 Å². The maximum absolute atomic E-state index is 11.7. The summed E-state index contributed by atoms with van der Waals surface area (Å²) in [5.74, 6) is -0.364. The molecule has 0 aliphatic heterocycles. The molecule has 162 valence electrons. The van der Waals surface area contributed by atoms with E-state index in [1.807, 2.05) is 31.2 Å². The summed E-state index contributed by atoms with van der Waals surface area (Å²) in [5, 5.41) is 12.6. The van der Waals surface area contributed by atoms with Gasteiger partial charge in [-0.15, -0.1) is 0 Å². The molecular formula is C22H20Cl2N2O5. The summed E-state index contributed by atoms with van der Waals surface area (Å²) in [6, 6.07) is 10.6. The Morgan fingerprint density at radius 3 is 2.65 bits per heavy atom. The van der Waals surface area contributed by atoms with Gasteiger partial charge in [0.1, 0.15) is 22.9 Å². The molecule has 1 heterocycles. The van der Waals surface area contributed by atoms with Crippen LogP contribution in [-0.2, 0) is 16.1 Å². The van der Waals surface area contributed by atoms with E-state index in [1.54, 1.807) is 13.0 Å². The van der Waals surface area contributed by atoms with Crippen LogP contribution in [0.5, 0.6) is 5.75 Å². The van der Waals surface area contributed by atoms with Gasteiger partial charge in [0.25, 0.3) is 5.69 Å². The number of halogens is 2. The first kappa shape index (κ1) is 22.8. The van der Waals surface area contributed by atoms with E-state index in [2.05, 4.69) is 4.98 Å². The molecule has 1 atom stereocenters. The molecule has 31 heavy (non-hydrogen) atoms. The van der Waals surface area contributed by atoms with Gasteiger partial charge in [-0.3, -0.25) is 14.9 Å². The van der Waals surface area contributed by atoms with Gasteiger partial charge in [0.2, 0.25) is 0 Å². The van der Waals surface area contributed by atoms with Crippen LogP contribution >= 0.6 is 23.2 Å². The number of esters is 1. The van der Waals surface area contributed by atoms with E-state index in [0.717, 1.165) is 11.1 Å².